The van der Waals surface area contributed by atoms with E-state index in [4.69, 9.17) is 26.2 Å². The van der Waals surface area contributed by atoms with Crippen molar-refractivity contribution in [1.82, 2.24) is 40.9 Å². The van der Waals surface area contributed by atoms with Crippen LogP contribution in [0.2, 0.25) is 0 Å². The van der Waals surface area contributed by atoms with Crippen LogP contribution in [-0.2, 0) is 59.8 Å². The first-order valence-electron chi connectivity index (χ1n) is 19.9. The molecule has 0 saturated heterocycles. The van der Waals surface area contributed by atoms with E-state index in [2.05, 4.69) is 111 Å². The molecule has 14 nitrogen and oxygen atoms in total. The molecule has 58 heavy (non-hydrogen) atoms. The highest BCUT2D eigenvalue weighted by Gasteiger charge is 2.45. The van der Waals surface area contributed by atoms with Crippen LogP contribution in [0.3, 0.4) is 0 Å². The number of H-pyrrole nitrogens is 3. The molecule has 0 radical (unpaired) electrons. The van der Waals surface area contributed by atoms with Crippen LogP contribution in [0.5, 0.6) is 0 Å². The van der Waals surface area contributed by atoms with Crippen molar-refractivity contribution in [2.45, 2.75) is 68.9 Å². The van der Waals surface area contributed by atoms with Gasteiger partial charge in [-0.2, -0.15) is 21.2 Å². The van der Waals surface area contributed by atoms with Crippen LogP contribution < -0.4 is 33.8 Å². The highest BCUT2D eigenvalue weighted by atomic mass is 16.6. The zero-order chi connectivity index (χ0) is 40.6. The van der Waals surface area contributed by atoms with Gasteiger partial charge in [0.25, 0.3) is 0 Å². The third-order valence-electron chi connectivity index (χ3n) is 12.3. The van der Waals surface area contributed by atoms with Gasteiger partial charge in [0.15, 0.2) is 0 Å². The smallest absolute Gasteiger partial charge is 0.330 e. The van der Waals surface area contributed by atoms with Crippen LogP contribution in [0.15, 0.2) is 82.4 Å². The van der Waals surface area contributed by atoms with Gasteiger partial charge in [0.2, 0.25) is 0 Å². The Morgan fingerprint density at radius 3 is 1.81 bits per heavy atom. The summed E-state index contributed by atoms with van der Waals surface area (Å²) in [5, 5.41) is 11.9. The van der Waals surface area contributed by atoms with Gasteiger partial charge >= 0.3 is 11.4 Å². The third kappa shape index (κ3) is 6.65. The van der Waals surface area contributed by atoms with Crippen LogP contribution in [0.1, 0.15) is 97.3 Å². The van der Waals surface area contributed by atoms with Gasteiger partial charge in [-0.1, -0.05) is 78.4 Å². The molecule has 3 atom stereocenters. The van der Waals surface area contributed by atoms with Crippen LogP contribution in [0.25, 0.3) is 0 Å². The number of nitrogens with two attached hydrogens (primary N) is 2. The summed E-state index contributed by atoms with van der Waals surface area (Å²) in [5.41, 5.74) is 30.2. The molecule has 4 aromatic carbocycles. The molecular formula is C44H52N10O4. The summed E-state index contributed by atoms with van der Waals surface area (Å²) in [6.45, 7) is 3.41. The van der Waals surface area contributed by atoms with E-state index in [1.165, 1.54) is 21.4 Å². The van der Waals surface area contributed by atoms with Crippen LogP contribution in [-0.4, -0.2) is 57.3 Å². The number of hydroxylamine groups is 2. The first-order chi connectivity index (χ1) is 28.2. The maximum absolute atomic E-state index is 13.0. The maximum Gasteiger partial charge on any atom is 0.343 e. The lowest BCUT2D eigenvalue weighted by molar-refractivity contribution is 0.0716. The summed E-state index contributed by atoms with van der Waals surface area (Å²) in [6, 6.07) is 25.8. The first-order valence-corrected chi connectivity index (χ1v) is 19.9. The Hall–Kier alpha value is -5.48. The Morgan fingerprint density at radius 1 is 0.741 bits per heavy atom. The normalized spacial score (nSPS) is 19.1. The topological polar surface area (TPSA) is 207 Å². The van der Waals surface area contributed by atoms with Crippen molar-refractivity contribution < 1.29 is 9.68 Å². The summed E-state index contributed by atoms with van der Waals surface area (Å²) in [4.78, 5) is 42.5. The second kappa shape index (κ2) is 16.0. The van der Waals surface area contributed by atoms with E-state index in [1.807, 2.05) is 0 Å². The molecule has 0 amide bonds. The standard InChI is InChI=1S/C44H52N10O4/c1-26-5-13-34-28(21-26)7-9-30-23-32(11-15-36(30)43(34,17-19-45)39-48-41(55)51-50-39)38(53-58-4)33-12-16-37-31(24-33)10-8-29-22-27(25-47-57-3)6-14-35(29)44(37,18-20-46)40-49-42(56)54(2)52-40/h5-6,11-16,21-24,38,47,53H,7-10,17-20,25,45-46H2,1-4H3,(H,49,52,56)(H2,48,50,51,55). The second-order valence-corrected chi connectivity index (χ2v) is 15.6. The molecule has 9 N–H and O–H groups in total. The number of benzene rings is 4. The molecule has 0 saturated carbocycles. The molecule has 0 bridgehead atoms. The highest BCUT2D eigenvalue weighted by Crippen LogP contribution is 2.48. The number of rotatable bonds is 13. The fourth-order valence-electron chi connectivity index (χ4n) is 9.78. The van der Waals surface area contributed by atoms with Gasteiger partial charge in [0.1, 0.15) is 11.6 Å². The largest absolute Gasteiger partial charge is 0.343 e. The van der Waals surface area contributed by atoms with Gasteiger partial charge < -0.3 is 21.1 Å². The predicted molar refractivity (Wildman–Crippen MR) is 221 cm³/mol. The Bertz CT molecular complexity index is 2570. The number of hydrogen-bond acceptors (Lipinski definition) is 10. The Labute approximate surface area is 336 Å². The Balaban J connectivity index is 1.27. The van der Waals surface area contributed by atoms with Gasteiger partial charge in [-0.3, -0.25) is 9.97 Å². The molecular weight excluding hydrogens is 733 g/mol. The average Bonchev–Trinajstić information content (AvgIpc) is 3.75. The zero-order valence-corrected chi connectivity index (χ0v) is 33.5. The fourth-order valence-corrected chi connectivity index (χ4v) is 9.78. The summed E-state index contributed by atoms with van der Waals surface area (Å²) in [5.74, 6) is 1.12. The quantitative estimate of drug-likeness (QED) is 0.0851. The minimum absolute atomic E-state index is 0.281. The molecule has 0 aliphatic heterocycles. The molecule has 302 valence electrons. The summed E-state index contributed by atoms with van der Waals surface area (Å²) in [6.07, 6.45) is 4.22. The van der Waals surface area contributed by atoms with E-state index in [-0.39, 0.29) is 17.4 Å². The number of nitrogens with one attached hydrogen (secondary N) is 5. The predicted octanol–water partition coefficient (Wildman–Crippen LogP) is 3.28. The third-order valence-corrected chi connectivity index (χ3v) is 12.3. The number of hydrogen-bond donors (Lipinski definition) is 7. The SMILES string of the molecule is CONCc1ccc2c(c1)CCc1cc(C(NOC)c3ccc4c(c3)CCc3cc(C)ccc3C4(CCN)c3n[nH]c(=O)[nH]3)ccc1C2(CCN)c1nn(C)c(=O)[nH]1. The Kier molecular flexibility index (Phi) is 10.9. The van der Waals surface area contributed by atoms with Crippen molar-refractivity contribution in [3.63, 3.8) is 0 Å². The van der Waals surface area contributed by atoms with Gasteiger partial charge in [-0.15, -0.1) is 0 Å². The van der Waals surface area contributed by atoms with Crippen molar-refractivity contribution in [1.29, 1.82) is 0 Å². The lowest BCUT2D eigenvalue weighted by atomic mass is 9.68. The van der Waals surface area contributed by atoms with Gasteiger partial charge in [0, 0.05) is 13.6 Å². The van der Waals surface area contributed by atoms with Gasteiger partial charge in [-0.25, -0.2) is 19.4 Å². The zero-order valence-electron chi connectivity index (χ0n) is 33.5. The number of nitrogens with zero attached hydrogens (tertiary/aromatic N) is 3. The van der Waals surface area contributed by atoms with Gasteiger partial charge in [-0.05, 0) is 120 Å². The Morgan fingerprint density at radius 2 is 1.29 bits per heavy atom. The molecule has 14 heteroatoms. The van der Waals surface area contributed by atoms with Crippen molar-refractivity contribution in [2.24, 2.45) is 18.5 Å². The molecule has 0 spiro atoms. The molecule has 2 aromatic heterocycles. The molecule has 0 fully saturated rings. The number of aromatic nitrogens is 6. The molecule has 8 rings (SSSR count). The van der Waals surface area contributed by atoms with Crippen molar-refractivity contribution in [2.75, 3.05) is 27.3 Å². The highest BCUT2D eigenvalue weighted by molar-refractivity contribution is 5.59. The molecule has 6 aromatic rings. The van der Waals surface area contributed by atoms with E-state index >= 15 is 0 Å². The van der Waals surface area contributed by atoms with Crippen LogP contribution >= 0.6 is 0 Å². The van der Waals surface area contributed by atoms with E-state index in [1.54, 1.807) is 21.3 Å². The van der Waals surface area contributed by atoms with Crippen molar-refractivity contribution in [3.05, 3.63) is 172 Å². The molecule has 2 aliphatic rings. The summed E-state index contributed by atoms with van der Waals surface area (Å²) < 4.78 is 1.35. The maximum atomic E-state index is 13.0. The van der Waals surface area contributed by atoms with E-state index < -0.39 is 10.8 Å². The summed E-state index contributed by atoms with van der Waals surface area (Å²) >= 11 is 0. The van der Waals surface area contributed by atoms with Crippen molar-refractivity contribution >= 4 is 0 Å². The average molecular weight is 785 g/mol. The van der Waals surface area contributed by atoms with Crippen LogP contribution in [0, 0.1) is 6.92 Å². The lowest BCUT2D eigenvalue weighted by Gasteiger charge is -2.35. The fraction of sp³-hybridized carbons (Fsp3) is 0.364. The van der Waals surface area contributed by atoms with E-state index in [0.717, 1.165) is 75.8 Å². The second-order valence-electron chi connectivity index (χ2n) is 15.6. The lowest BCUT2D eigenvalue weighted by Crippen LogP contribution is -2.35. The van der Waals surface area contributed by atoms with Crippen molar-refractivity contribution in [3.8, 4) is 0 Å². The molecule has 2 aliphatic carbocycles. The van der Waals surface area contributed by atoms with E-state index in [9.17, 15) is 9.59 Å². The monoisotopic (exact) mass is 784 g/mol. The first kappa shape index (κ1) is 39.4. The minimum atomic E-state index is -0.802. The number of aromatic amines is 3. The molecule has 2 heterocycles. The molecule has 3 unspecified atom stereocenters. The minimum Gasteiger partial charge on any atom is -0.330 e. The van der Waals surface area contributed by atoms with E-state index in [0.29, 0.717) is 44.1 Å². The van der Waals surface area contributed by atoms with Gasteiger partial charge in [0.05, 0.1) is 31.1 Å². The van der Waals surface area contributed by atoms with Crippen LogP contribution in [0.4, 0.5) is 0 Å². The number of fused-ring (bicyclic) bond motifs is 4. The summed E-state index contributed by atoms with van der Waals surface area (Å²) in [7, 11) is 4.90. The number of aryl methyl sites for hydroxylation is 6.